The van der Waals surface area contributed by atoms with Gasteiger partial charge in [-0.25, -0.2) is 0 Å². The van der Waals surface area contributed by atoms with Crippen LogP contribution in [0.3, 0.4) is 0 Å². The topological polar surface area (TPSA) is 42.2 Å². The second-order valence-electron chi connectivity index (χ2n) is 5.52. The van der Waals surface area contributed by atoms with Gasteiger partial charge in [0.05, 0.1) is 31.8 Å². The molecule has 2 rings (SSSR count). The number of nitrogens with zero attached hydrogens (tertiary/aromatic N) is 1. The van der Waals surface area contributed by atoms with Gasteiger partial charge >= 0.3 is 0 Å². The molecule has 3 unspecified atom stereocenters. The SMILES string of the molecule is CCC1CCC(C#N)C(OCc2cccc(OC)c2)C1. The smallest absolute Gasteiger partial charge is 0.119 e. The highest BCUT2D eigenvalue weighted by molar-refractivity contribution is 5.27. The highest BCUT2D eigenvalue weighted by atomic mass is 16.5. The van der Waals surface area contributed by atoms with Crippen LogP contribution < -0.4 is 4.74 Å². The number of hydrogen-bond donors (Lipinski definition) is 0. The Morgan fingerprint density at radius 1 is 1.35 bits per heavy atom. The molecule has 1 aromatic carbocycles. The van der Waals surface area contributed by atoms with E-state index in [0.717, 1.165) is 30.6 Å². The Labute approximate surface area is 121 Å². The maximum atomic E-state index is 9.25. The van der Waals surface area contributed by atoms with Crippen LogP contribution in [-0.4, -0.2) is 13.2 Å². The molecule has 0 aromatic heterocycles. The van der Waals surface area contributed by atoms with Crippen molar-refractivity contribution in [2.75, 3.05) is 7.11 Å². The van der Waals surface area contributed by atoms with E-state index in [1.165, 1.54) is 6.42 Å². The summed E-state index contributed by atoms with van der Waals surface area (Å²) in [6.45, 7) is 2.77. The van der Waals surface area contributed by atoms with Crippen LogP contribution in [0.25, 0.3) is 0 Å². The molecule has 1 saturated carbocycles. The molecule has 3 nitrogen and oxygen atoms in total. The summed E-state index contributed by atoms with van der Waals surface area (Å²) in [5, 5.41) is 9.25. The summed E-state index contributed by atoms with van der Waals surface area (Å²) in [4.78, 5) is 0. The number of ether oxygens (including phenoxy) is 2. The molecule has 0 spiro atoms. The molecule has 0 radical (unpaired) electrons. The van der Waals surface area contributed by atoms with Crippen molar-refractivity contribution in [1.29, 1.82) is 5.26 Å². The predicted octanol–water partition coefficient (Wildman–Crippen LogP) is 3.93. The third-order valence-electron chi connectivity index (χ3n) is 4.24. The van der Waals surface area contributed by atoms with E-state index in [9.17, 15) is 5.26 Å². The average Bonchev–Trinajstić information content (AvgIpc) is 2.52. The lowest BCUT2D eigenvalue weighted by atomic mass is 9.79. The lowest BCUT2D eigenvalue weighted by Gasteiger charge is -2.32. The van der Waals surface area contributed by atoms with E-state index in [-0.39, 0.29) is 12.0 Å². The Bertz CT molecular complexity index is 466. The number of rotatable bonds is 5. The minimum Gasteiger partial charge on any atom is -0.497 e. The first-order valence-electron chi connectivity index (χ1n) is 7.41. The van der Waals surface area contributed by atoms with Crippen LogP contribution in [0.15, 0.2) is 24.3 Å². The Morgan fingerprint density at radius 2 is 2.20 bits per heavy atom. The zero-order valence-electron chi connectivity index (χ0n) is 12.3. The van der Waals surface area contributed by atoms with Crippen molar-refractivity contribution >= 4 is 0 Å². The van der Waals surface area contributed by atoms with Crippen molar-refractivity contribution in [3.8, 4) is 11.8 Å². The van der Waals surface area contributed by atoms with Gasteiger partial charge < -0.3 is 9.47 Å². The van der Waals surface area contributed by atoms with E-state index >= 15 is 0 Å². The summed E-state index contributed by atoms with van der Waals surface area (Å²) < 4.78 is 11.2. The van der Waals surface area contributed by atoms with E-state index in [4.69, 9.17) is 9.47 Å². The highest BCUT2D eigenvalue weighted by Crippen LogP contribution is 2.33. The quantitative estimate of drug-likeness (QED) is 0.816. The number of hydrogen-bond acceptors (Lipinski definition) is 3. The number of benzene rings is 1. The molecule has 1 aliphatic carbocycles. The fraction of sp³-hybridized carbons (Fsp3) is 0.588. The van der Waals surface area contributed by atoms with Gasteiger partial charge in [-0.1, -0.05) is 25.5 Å². The summed E-state index contributed by atoms with van der Waals surface area (Å²) >= 11 is 0. The molecule has 20 heavy (non-hydrogen) atoms. The highest BCUT2D eigenvalue weighted by Gasteiger charge is 2.30. The summed E-state index contributed by atoms with van der Waals surface area (Å²) in [5.41, 5.74) is 1.10. The summed E-state index contributed by atoms with van der Waals surface area (Å²) in [7, 11) is 1.67. The molecule has 0 N–H and O–H groups in total. The van der Waals surface area contributed by atoms with E-state index in [2.05, 4.69) is 13.0 Å². The first-order valence-corrected chi connectivity index (χ1v) is 7.41. The van der Waals surface area contributed by atoms with Gasteiger partial charge in [-0.3, -0.25) is 0 Å². The van der Waals surface area contributed by atoms with E-state index in [1.807, 2.05) is 24.3 Å². The summed E-state index contributed by atoms with van der Waals surface area (Å²) in [5.74, 6) is 1.59. The van der Waals surface area contributed by atoms with Crippen molar-refractivity contribution in [2.45, 2.75) is 45.3 Å². The molecular weight excluding hydrogens is 250 g/mol. The monoisotopic (exact) mass is 273 g/mol. The fourth-order valence-corrected chi connectivity index (χ4v) is 2.88. The maximum absolute atomic E-state index is 9.25. The molecule has 1 fully saturated rings. The standard InChI is InChI=1S/C17H23NO2/c1-3-13-7-8-15(11-18)17(10-13)20-12-14-5-4-6-16(9-14)19-2/h4-6,9,13,15,17H,3,7-8,10,12H2,1-2H3. The van der Waals surface area contributed by atoms with Crippen LogP contribution >= 0.6 is 0 Å². The fourth-order valence-electron chi connectivity index (χ4n) is 2.88. The van der Waals surface area contributed by atoms with E-state index in [0.29, 0.717) is 12.5 Å². The van der Waals surface area contributed by atoms with Crippen LogP contribution in [0.1, 0.15) is 38.2 Å². The van der Waals surface area contributed by atoms with Crippen LogP contribution in [0, 0.1) is 23.2 Å². The molecule has 3 heteroatoms. The molecule has 1 aromatic rings. The van der Waals surface area contributed by atoms with Gasteiger partial charge in [0, 0.05) is 0 Å². The lowest BCUT2D eigenvalue weighted by molar-refractivity contribution is -0.0202. The van der Waals surface area contributed by atoms with Gasteiger partial charge in [0.25, 0.3) is 0 Å². The minimum absolute atomic E-state index is 0.0448. The number of nitriles is 1. The second kappa shape index (κ2) is 7.31. The van der Waals surface area contributed by atoms with Crippen LogP contribution in [0.5, 0.6) is 5.75 Å². The van der Waals surface area contributed by atoms with Crippen LogP contribution in [0.4, 0.5) is 0 Å². The van der Waals surface area contributed by atoms with Crippen molar-refractivity contribution in [2.24, 2.45) is 11.8 Å². The number of methoxy groups -OCH3 is 1. The third-order valence-corrected chi connectivity index (χ3v) is 4.24. The van der Waals surface area contributed by atoms with Crippen LogP contribution in [-0.2, 0) is 11.3 Å². The normalized spacial score (nSPS) is 25.9. The molecule has 0 aliphatic heterocycles. The zero-order chi connectivity index (χ0) is 14.4. The molecule has 108 valence electrons. The molecule has 0 bridgehead atoms. The predicted molar refractivity (Wildman–Crippen MR) is 78.3 cm³/mol. The van der Waals surface area contributed by atoms with Gasteiger partial charge in [0.2, 0.25) is 0 Å². The van der Waals surface area contributed by atoms with Crippen molar-refractivity contribution in [3.05, 3.63) is 29.8 Å². The Morgan fingerprint density at radius 3 is 2.90 bits per heavy atom. The molecule has 1 aliphatic rings. The Balaban J connectivity index is 1.95. The maximum Gasteiger partial charge on any atom is 0.119 e. The first kappa shape index (κ1) is 14.9. The molecule has 0 heterocycles. The van der Waals surface area contributed by atoms with Gasteiger partial charge in [0.15, 0.2) is 0 Å². The first-order chi connectivity index (χ1) is 9.76. The van der Waals surface area contributed by atoms with E-state index < -0.39 is 0 Å². The lowest BCUT2D eigenvalue weighted by Crippen LogP contribution is -2.30. The molecule has 0 amide bonds. The average molecular weight is 273 g/mol. The summed E-state index contributed by atoms with van der Waals surface area (Å²) in [6.07, 6.45) is 4.39. The molecule has 0 saturated heterocycles. The van der Waals surface area contributed by atoms with Crippen molar-refractivity contribution < 1.29 is 9.47 Å². The van der Waals surface area contributed by atoms with E-state index in [1.54, 1.807) is 7.11 Å². The molecular formula is C17H23NO2. The summed E-state index contributed by atoms with van der Waals surface area (Å²) in [6, 6.07) is 10.3. The second-order valence-corrected chi connectivity index (χ2v) is 5.52. The molecule has 3 atom stereocenters. The Hall–Kier alpha value is -1.53. The van der Waals surface area contributed by atoms with Gasteiger partial charge in [0.1, 0.15) is 5.75 Å². The van der Waals surface area contributed by atoms with Crippen molar-refractivity contribution in [1.82, 2.24) is 0 Å². The van der Waals surface area contributed by atoms with Crippen LogP contribution in [0.2, 0.25) is 0 Å². The zero-order valence-corrected chi connectivity index (χ0v) is 12.3. The minimum atomic E-state index is 0.0448. The third kappa shape index (κ3) is 3.74. The van der Waals surface area contributed by atoms with Gasteiger partial charge in [-0.05, 0) is 42.9 Å². The largest absolute Gasteiger partial charge is 0.497 e. The Kier molecular flexibility index (Phi) is 5.43. The van der Waals surface area contributed by atoms with Gasteiger partial charge in [-0.2, -0.15) is 5.26 Å². The van der Waals surface area contributed by atoms with Crippen molar-refractivity contribution in [3.63, 3.8) is 0 Å². The van der Waals surface area contributed by atoms with Gasteiger partial charge in [-0.15, -0.1) is 0 Å².